The summed E-state index contributed by atoms with van der Waals surface area (Å²) >= 11 is 0. The van der Waals surface area contributed by atoms with E-state index in [1.807, 2.05) is 14.0 Å². The zero-order valence-electron chi connectivity index (χ0n) is 10.7. The second-order valence-corrected chi connectivity index (χ2v) is 5.39. The summed E-state index contributed by atoms with van der Waals surface area (Å²) in [4.78, 5) is 25.2. The first kappa shape index (κ1) is 12.6. The topological polar surface area (TPSA) is 49.4 Å². The zero-order chi connectivity index (χ0) is 12.4. The summed E-state index contributed by atoms with van der Waals surface area (Å²) in [6.45, 7) is 1.95. The molecule has 2 saturated carbocycles. The van der Waals surface area contributed by atoms with Crippen molar-refractivity contribution >= 4 is 11.7 Å². The molecule has 0 aromatic heterocycles. The quantitative estimate of drug-likeness (QED) is 0.798. The molecule has 0 aromatic rings. The Morgan fingerprint density at radius 3 is 2.41 bits per heavy atom. The summed E-state index contributed by atoms with van der Waals surface area (Å²) in [5.41, 5.74) is 0. The van der Waals surface area contributed by atoms with Gasteiger partial charge in [0.25, 0.3) is 0 Å². The number of ketones is 1. The lowest BCUT2D eigenvalue weighted by molar-refractivity contribution is -0.127. The molecule has 96 valence electrons. The summed E-state index contributed by atoms with van der Waals surface area (Å²) in [6.07, 6.45) is 5.39. The van der Waals surface area contributed by atoms with Crippen LogP contribution in [0, 0.1) is 0 Å². The first-order valence-corrected chi connectivity index (χ1v) is 6.62. The molecule has 4 nitrogen and oxygen atoms in total. The van der Waals surface area contributed by atoms with Crippen LogP contribution in [0.4, 0.5) is 0 Å². The first-order valence-electron chi connectivity index (χ1n) is 6.62. The number of amides is 1. The Hall–Kier alpha value is -0.900. The van der Waals surface area contributed by atoms with Gasteiger partial charge in [0.1, 0.15) is 5.78 Å². The van der Waals surface area contributed by atoms with Gasteiger partial charge in [-0.2, -0.15) is 0 Å². The van der Waals surface area contributed by atoms with Gasteiger partial charge in [-0.1, -0.05) is 0 Å². The van der Waals surface area contributed by atoms with E-state index in [0.717, 1.165) is 25.7 Å². The van der Waals surface area contributed by atoms with Crippen molar-refractivity contribution in [3.63, 3.8) is 0 Å². The maximum atomic E-state index is 11.9. The Balaban J connectivity index is 1.82. The highest BCUT2D eigenvalue weighted by Gasteiger charge is 2.31. The molecule has 1 unspecified atom stereocenters. The van der Waals surface area contributed by atoms with E-state index in [4.69, 9.17) is 0 Å². The third kappa shape index (κ3) is 3.28. The number of likely N-dealkylation sites (N-methyl/N-ethyl adjacent to an activating group) is 1. The Labute approximate surface area is 103 Å². The van der Waals surface area contributed by atoms with Gasteiger partial charge in [0, 0.05) is 24.9 Å². The molecule has 0 heterocycles. The summed E-state index contributed by atoms with van der Waals surface area (Å²) in [6, 6.07) is 0.715. The lowest BCUT2D eigenvalue weighted by Gasteiger charge is -2.34. The molecular weight excluding hydrogens is 216 g/mol. The van der Waals surface area contributed by atoms with Crippen LogP contribution in [0.2, 0.25) is 0 Å². The molecule has 2 aliphatic rings. The van der Waals surface area contributed by atoms with Crippen molar-refractivity contribution in [2.24, 2.45) is 0 Å². The predicted molar refractivity (Wildman–Crippen MR) is 65.7 cm³/mol. The monoisotopic (exact) mass is 238 g/mol. The molecule has 2 aliphatic carbocycles. The van der Waals surface area contributed by atoms with Crippen LogP contribution in [0.25, 0.3) is 0 Å². The highest BCUT2D eigenvalue weighted by Crippen LogP contribution is 2.22. The standard InChI is InChI=1S/C13H22N2O2/c1-9(13(17)14-10-3-4-10)15(2)11-5-7-12(16)8-6-11/h9-11H,3-8H2,1-2H3,(H,14,17). The van der Waals surface area contributed by atoms with Crippen LogP contribution in [0.15, 0.2) is 0 Å². The number of nitrogens with one attached hydrogen (secondary N) is 1. The summed E-state index contributed by atoms with van der Waals surface area (Å²) < 4.78 is 0. The van der Waals surface area contributed by atoms with Crippen molar-refractivity contribution in [2.45, 2.75) is 63.6 Å². The first-order chi connectivity index (χ1) is 8.08. The Morgan fingerprint density at radius 2 is 1.88 bits per heavy atom. The van der Waals surface area contributed by atoms with Gasteiger partial charge >= 0.3 is 0 Å². The normalized spacial score (nSPS) is 23.8. The van der Waals surface area contributed by atoms with Crippen LogP contribution in [0.3, 0.4) is 0 Å². The van der Waals surface area contributed by atoms with Crippen LogP contribution < -0.4 is 5.32 Å². The van der Waals surface area contributed by atoms with E-state index >= 15 is 0 Å². The minimum absolute atomic E-state index is 0.0891. The molecule has 0 saturated heterocycles. The van der Waals surface area contributed by atoms with Crippen LogP contribution in [-0.4, -0.2) is 41.8 Å². The minimum atomic E-state index is -0.0891. The van der Waals surface area contributed by atoms with Gasteiger partial charge in [-0.15, -0.1) is 0 Å². The van der Waals surface area contributed by atoms with E-state index < -0.39 is 0 Å². The summed E-state index contributed by atoms with van der Waals surface area (Å²) in [7, 11) is 2.00. The molecular formula is C13H22N2O2. The zero-order valence-corrected chi connectivity index (χ0v) is 10.7. The van der Waals surface area contributed by atoms with Gasteiger partial charge in [-0.05, 0) is 39.7 Å². The van der Waals surface area contributed by atoms with E-state index in [1.165, 1.54) is 0 Å². The predicted octanol–water partition coefficient (Wildman–Crippen LogP) is 1.10. The Bertz CT molecular complexity index is 303. The van der Waals surface area contributed by atoms with Crippen molar-refractivity contribution in [2.75, 3.05) is 7.05 Å². The van der Waals surface area contributed by atoms with Gasteiger partial charge < -0.3 is 5.32 Å². The third-order valence-corrected chi connectivity index (χ3v) is 4.00. The van der Waals surface area contributed by atoms with Gasteiger partial charge in [0.15, 0.2) is 0 Å². The van der Waals surface area contributed by atoms with Crippen molar-refractivity contribution in [1.29, 1.82) is 0 Å². The number of hydrogen-bond donors (Lipinski definition) is 1. The molecule has 1 amide bonds. The Morgan fingerprint density at radius 1 is 1.29 bits per heavy atom. The van der Waals surface area contributed by atoms with Gasteiger partial charge in [-0.25, -0.2) is 0 Å². The number of carbonyl (C=O) groups excluding carboxylic acids is 2. The lowest BCUT2D eigenvalue weighted by atomic mass is 9.92. The average Bonchev–Trinajstić information content (AvgIpc) is 3.12. The highest BCUT2D eigenvalue weighted by atomic mass is 16.2. The van der Waals surface area contributed by atoms with E-state index in [-0.39, 0.29) is 11.9 Å². The van der Waals surface area contributed by atoms with Crippen molar-refractivity contribution < 1.29 is 9.59 Å². The van der Waals surface area contributed by atoms with E-state index in [0.29, 0.717) is 30.7 Å². The molecule has 1 atom stereocenters. The lowest BCUT2D eigenvalue weighted by Crippen LogP contribution is -2.49. The van der Waals surface area contributed by atoms with Crippen LogP contribution in [-0.2, 0) is 9.59 Å². The van der Waals surface area contributed by atoms with Gasteiger partial charge in [-0.3, -0.25) is 14.5 Å². The molecule has 4 heteroatoms. The number of hydrogen-bond acceptors (Lipinski definition) is 3. The number of Topliss-reactive ketones (excluding diaryl/α,β-unsaturated/α-hetero) is 1. The third-order valence-electron chi connectivity index (χ3n) is 4.00. The van der Waals surface area contributed by atoms with Gasteiger partial charge in [0.05, 0.1) is 6.04 Å². The molecule has 17 heavy (non-hydrogen) atoms. The SMILES string of the molecule is CC(C(=O)NC1CC1)N(C)C1CCC(=O)CC1. The fourth-order valence-electron chi connectivity index (χ4n) is 2.38. The molecule has 2 fully saturated rings. The molecule has 2 rings (SSSR count). The average molecular weight is 238 g/mol. The molecule has 0 spiro atoms. The largest absolute Gasteiger partial charge is 0.352 e. The number of carbonyl (C=O) groups is 2. The van der Waals surface area contributed by atoms with Crippen LogP contribution in [0.5, 0.6) is 0 Å². The summed E-state index contributed by atoms with van der Waals surface area (Å²) in [5, 5.41) is 3.03. The molecule has 0 bridgehead atoms. The minimum Gasteiger partial charge on any atom is -0.352 e. The second-order valence-electron chi connectivity index (χ2n) is 5.39. The summed E-state index contributed by atoms with van der Waals surface area (Å²) in [5.74, 6) is 0.497. The van der Waals surface area contributed by atoms with Crippen LogP contribution in [0.1, 0.15) is 45.4 Å². The molecule has 0 radical (unpaired) electrons. The van der Waals surface area contributed by atoms with Crippen molar-refractivity contribution in [3.05, 3.63) is 0 Å². The molecule has 0 aromatic carbocycles. The van der Waals surface area contributed by atoms with Crippen LogP contribution >= 0.6 is 0 Å². The fourth-order valence-corrected chi connectivity index (χ4v) is 2.38. The van der Waals surface area contributed by atoms with Crippen molar-refractivity contribution in [1.82, 2.24) is 10.2 Å². The van der Waals surface area contributed by atoms with E-state index in [2.05, 4.69) is 10.2 Å². The smallest absolute Gasteiger partial charge is 0.237 e. The van der Waals surface area contributed by atoms with Gasteiger partial charge in [0.2, 0.25) is 5.91 Å². The van der Waals surface area contributed by atoms with E-state index in [1.54, 1.807) is 0 Å². The second kappa shape index (κ2) is 5.17. The maximum Gasteiger partial charge on any atom is 0.237 e. The Kier molecular flexibility index (Phi) is 3.82. The van der Waals surface area contributed by atoms with E-state index in [9.17, 15) is 9.59 Å². The molecule has 1 N–H and O–H groups in total. The number of rotatable bonds is 4. The fraction of sp³-hybridized carbons (Fsp3) is 0.846. The van der Waals surface area contributed by atoms with Crippen molar-refractivity contribution in [3.8, 4) is 0 Å². The maximum absolute atomic E-state index is 11.9. The number of nitrogens with zero attached hydrogens (tertiary/aromatic N) is 1. The highest BCUT2D eigenvalue weighted by molar-refractivity contribution is 5.82. The molecule has 0 aliphatic heterocycles.